The predicted octanol–water partition coefficient (Wildman–Crippen LogP) is 1.31. The van der Waals surface area contributed by atoms with Crippen LogP contribution in [0.15, 0.2) is 30.6 Å². The molecular weight excluding hydrogens is 344 g/mol. The fourth-order valence-electron chi connectivity index (χ4n) is 4.90. The molecule has 4 heterocycles. The molecule has 2 fully saturated rings. The molecule has 0 unspecified atom stereocenters. The number of likely N-dealkylation sites (N-methyl/N-ethyl adjacent to an activating group) is 1. The van der Waals surface area contributed by atoms with Crippen molar-refractivity contribution in [3.05, 3.63) is 30.6 Å². The Hall–Kier alpha value is -2.15. The van der Waals surface area contributed by atoms with Gasteiger partial charge < -0.3 is 14.5 Å². The Morgan fingerprint density at radius 2 is 2.22 bits per heavy atom. The van der Waals surface area contributed by atoms with Gasteiger partial charge in [0.1, 0.15) is 5.60 Å². The van der Waals surface area contributed by atoms with Gasteiger partial charge in [0.05, 0.1) is 31.0 Å². The SMILES string of the molecule is CCC(CC)N1C[C@]23C=C[C@H](O2)[C@H](C(=O)N(C)CCn2cccn2)[C@H]3C1=O. The second kappa shape index (κ2) is 6.78. The highest BCUT2D eigenvalue weighted by Crippen LogP contribution is 2.52. The summed E-state index contributed by atoms with van der Waals surface area (Å²) in [6.07, 6.45) is 9.15. The van der Waals surface area contributed by atoms with Crippen LogP contribution in [-0.4, -0.2) is 69.3 Å². The number of carbonyl (C=O) groups excluding carboxylic acids is 2. The first-order chi connectivity index (χ1) is 13.0. The fraction of sp³-hybridized carbons (Fsp3) is 0.650. The third-order valence-corrected chi connectivity index (χ3v) is 6.40. The molecule has 0 saturated carbocycles. The van der Waals surface area contributed by atoms with Crippen LogP contribution in [0.4, 0.5) is 0 Å². The van der Waals surface area contributed by atoms with Crippen molar-refractivity contribution in [2.45, 2.75) is 51.0 Å². The summed E-state index contributed by atoms with van der Waals surface area (Å²) in [5, 5.41) is 4.18. The van der Waals surface area contributed by atoms with Crippen LogP contribution in [0.3, 0.4) is 0 Å². The lowest BCUT2D eigenvalue weighted by Crippen LogP contribution is -2.46. The van der Waals surface area contributed by atoms with Crippen molar-refractivity contribution in [2.75, 3.05) is 20.1 Å². The normalized spacial score (nSPS) is 31.2. The minimum Gasteiger partial charge on any atom is -0.360 e. The molecule has 0 radical (unpaired) electrons. The molecule has 7 nitrogen and oxygen atoms in total. The van der Waals surface area contributed by atoms with Gasteiger partial charge in [-0.2, -0.15) is 5.10 Å². The maximum atomic E-state index is 13.2. The van der Waals surface area contributed by atoms with E-state index in [1.165, 1.54) is 0 Å². The summed E-state index contributed by atoms with van der Waals surface area (Å²) in [6.45, 7) is 5.96. The molecule has 1 aromatic rings. The van der Waals surface area contributed by atoms with Crippen molar-refractivity contribution in [3.8, 4) is 0 Å². The van der Waals surface area contributed by atoms with Crippen molar-refractivity contribution < 1.29 is 14.3 Å². The van der Waals surface area contributed by atoms with Gasteiger partial charge in [0.15, 0.2) is 0 Å². The molecule has 1 aromatic heterocycles. The average Bonchev–Trinajstić information content (AvgIpc) is 3.43. The number of fused-ring (bicyclic) bond motifs is 1. The molecule has 4 atom stereocenters. The molecule has 1 spiro atoms. The smallest absolute Gasteiger partial charge is 0.230 e. The molecule has 2 amide bonds. The minimum absolute atomic E-state index is 0.0110. The van der Waals surface area contributed by atoms with E-state index in [-0.39, 0.29) is 24.0 Å². The largest absolute Gasteiger partial charge is 0.360 e. The minimum atomic E-state index is -0.618. The molecule has 27 heavy (non-hydrogen) atoms. The molecule has 3 aliphatic heterocycles. The Morgan fingerprint density at radius 1 is 1.44 bits per heavy atom. The number of carbonyl (C=O) groups is 2. The zero-order valence-electron chi connectivity index (χ0n) is 16.2. The van der Waals surface area contributed by atoms with E-state index in [4.69, 9.17) is 4.74 Å². The first-order valence-electron chi connectivity index (χ1n) is 9.90. The Kier molecular flexibility index (Phi) is 4.58. The van der Waals surface area contributed by atoms with Crippen LogP contribution in [0.25, 0.3) is 0 Å². The molecule has 2 saturated heterocycles. The summed E-state index contributed by atoms with van der Waals surface area (Å²) < 4.78 is 8.02. The number of aromatic nitrogens is 2. The van der Waals surface area contributed by atoms with Gasteiger partial charge in [-0.1, -0.05) is 26.0 Å². The fourth-order valence-corrected chi connectivity index (χ4v) is 4.90. The van der Waals surface area contributed by atoms with Crippen molar-refractivity contribution in [1.29, 1.82) is 0 Å². The number of nitrogens with zero attached hydrogens (tertiary/aromatic N) is 4. The quantitative estimate of drug-likeness (QED) is 0.677. The number of ether oxygens (including phenoxy) is 1. The van der Waals surface area contributed by atoms with Crippen LogP contribution in [0.2, 0.25) is 0 Å². The highest BCUT2D eigenvalue weighted by molar-refractivity contribution is 5.93. The first-order valence-corrected chi connectivity index (χ1v) is 9.90. The summed E-state index contributed by atoms with van der Waals surface area (Å²) in [6, 6.07) is 2.07. The Bertz CT molecular complexity index is 742. The standard InChI is InChI=1S/C20H28N4O3/c1-4-14(5-2)24-13-20-8-7-15(27-20)16(17(20)19(24)26)18(25)22(3)11-12-23-10-6-9-21-23/h6-10,14-17H,4-5,11-13H2,1-3H3/t15-,16-,17-,20-/m0/s1. The van der Waals surface area contributed by atoms with Gasteiger partial charge >= 0.3 is 0 Å². The van der Waals surface area contributed by atoms with Gasteiger partial charge in [-0.05, 0) is 18.9 Å². The Balaban J connectivity index is 1.51. The summed E-state index contributed by atoms with van der Waals surface area (Å²) in [5.41, 5.74) is -0.618. The zero-order valence-corrected chi connectivity index (χ0v) is 16.2. The van der Waals surface area contributed by atoms with E-state index in [1.807, 2.05) is 29.3 Å². The van der Waals surface area contributed by atoms with Gasteiger partial charge in [-0.15, -0.1) is 0 Å². The van der Waals surface area contributed by atoms with Crippen LogP contribution in [-0.2, 0) is 20.9 Å². The second-order valence-corrected chi connectivity index (χ2v) is 7.87. The summed E-state index contributed by atoms with van der Waals surface area (Å²) in [4.78, 5) is 30.1. The van der Waals surface area contributed by atoms with Gasteiger partial charge in [-0.3, -0.25) is 14.3 Å². The van der Waals surface area contributed by atoms with Crippen LogP contribution < -0.4 is 0 Å². The molecule has 3 aliphatic rings. The van der Waals surface area contributed by atoms with Gasteiger partial charge in [0.25, 0.3) is 0 Å². The average molecular weight is 372 g/mol. The van der Waals surface area contributed by atoms with Crippen molar-refractivity contribution in [2.24, 2.45) is 11.8 Å². The van der Waals surface area contributed by atoms with Crippen molar-refractivity contribution in [1.82, 2.24) is 19.6 Å². The molecule has 0 aromatic carbocycles. The van der Waals surface area contributed by atoms with E-state index in [0.717, 1.165) is 12.8 Å². The number of rotatable bonds is 7. The van der Waals surface area contributed by atoms with Crippen molar-refractivity contribution in [3.63, 3.8) is 0 Å². The maximum absolute atomic E-state index is 13.2. The monoisotopic (exact) mass is 372 g/mol. The van der Waals surface area contributed by atoms with Crippen LogP contribution >= 0.6 is 0 Å². The highest BCUT2D eigenvalue weighted by atomic mass is 16.5. The van der Waals surface area contributed by atoms with Crippen molar-refractivity contribution >= 4 is 11.8 Å². The van der Waals surface area contributed by atoms with E-state index in [9.17, 15) is 9.59 Å². The zero-order chi connectivity index (χ0) is 19.2. The molecule has 146 valence electrons. The van der Waals surface area contributed by atoms with Gasteiger partial charge in [-0.25, -0.2) is 0 Å². The summed E-state index contributed by atoms with van der Waals surface area (Å²) in [7, 11) is 1.80. The topological polar surface area (TPSA) is 67.7 Å². The number of amides is 2. The summed E-state index contributed by atoms with van der Waals surface area (Å²) in [5.74, 6) is -0.755. The van der Waals surface area contributed by atoms with E-state index < -0.39 is 17.4 Å². The Morgan fingerprint density at radius 3 is 2.89 bits per heavy atom. The van der Waals surface area contributed by atoms with E-state index >= 15 is 0 Å². The molecule has 2 bridgehead atoms. The molecular formula is C20H28N4O3. The lowest BCUT2D eigenvalue weighted by Gasteiger charge is -2.29. The third kappa shape index (κ3) is 2.79. The molecule has 0 aliphatic carbocycles. The van der Waals surface area contributed by atoms with Crippen LogP contribution in [0.5, 0.6) is 0 Å². The lowest BCUT2D eigenvalue weighted by molar-refractivity contribution is -0.143. The molecule has 0 N–H and O–H groups in total. The lowest BCUT2D eigenvalue weighted by atomic mass is 9.76. The highest BCUT2D eigenvalue weighted by Gasteiger charge is 2.67. The predicted molar refractivity (Wildman–Crippen MR) is 99.7 cm³/mol. The number of hydrogen-bond donors (Lipinski definition) is 0. The number of hydrogen-bond acceptors (Lipinski definition) is 4. The van der Waals surface area contributed by atoms with Gasteiger partial charge in [0.2, 0.25) is 11.8 Å². The van der Waals surface area contributed by atoms with E-state index in [0.29, 0.717) is 19.6 Å². The first kappa shape index (κ1) is 18.2. The van der Waals surface area contributed by atoms with E-state index in [1.54, 1.807) is 22.8 Å². The molecule has 7 heteroatoms. The second-order valence-electron chi connectivity index (χ2n) is 7.87. The Labute approximate surface area is 159 Å². The molecule has 4 rings (SSSR count). The van der Waals surface area contributed by atoms with Gasteiger partial charge in [0, 0.05) is 32.0 Å². The van der Waals surface area contributed by atoms with E-state index in [2.05, 4.69) is 18.9 Å². The third-order valence-electron chi connectivity index (χ3n) is 6.40. The maximum Gasteiger partial charge on any atom is 0.230 e. The van der Waals surface area contributed by atoms with Crippen LogP contribution in [0, 0.1) is 11.8 Å². The number of likely N-dealkylation sites (tertiary alicyclic amines) is 1. The summed E-state index contributed by atoms with van der Waals surface area (Å²) >= 11 is 0. The van der Waals surface area contributed by atoms with Crippen LogP contribution in [0.1, 0.15) is 26.7 Å².